The summed E-state index contributed by atoms with van der Waals surface area (Å²) >= 11 is 2.92. The molecule has 0 unspecified atom stereocenters. The maximum atomic E-state index is 4.93. The van der Waals surface area contributed by atoms with Crippen LogP contribution >= 0.6 is 22.7 Å². The minimum atomic E-state index is 0.665. The quantitative estimate of drug-likeness (QED) is 0.189. The molecular formula is C38H20N2S2. The number of hydrogen-bond acceptors (Lipinski definition) is 4. The van der Waals surface area contributed by atoms with Gasteiger partial charge in [0.15, 0.2) is 10.0 Å². The van der Waals surface area contributed by atoms with Gasteiger partial charge in [0.25, 0.3) is 0 Å². The highest BCUT2D eigenvalue weighted by atomic mass is 32.1. The van der Waals surface area contributed by atoms with Gasteiger partial charge in [0.2, 0.25) is 0 Å². The average molecular weight is 569 g/mol. The summed E-state index contributed by atoms with van der Waals surface area (Å²) < 4.78 is 0. The van der Waals surface area contributed by atoms with Crippen molar-refractivity contribution < 1.29 is 0 Å². The maximum Gasteiger partial charge on any atom is 0.169 e. The molecule has 0 aliphatic heterocycles. The van der Waals surface area contributed by atoms with Crippen LogP contribution in [0.2, 0.25) is 0 Å². The molecule has 0 amide bonds. The zero-order valence-electron chi connectivity index (χ0n) is 22.3. The van der Waals surface area contributed by atoms with Gasteiger partial charge in [-0.1, -0.05) is 119 Å². The highest BCUT2D eigenvalue weighted by Crippen LogP contribution is 2.32. The van der Waals surface area contributed by atoms with E-state index >= 15 is 0 Å². The number of nitrogens with zero attached hydrogens (tertiary/aromatic N) is 2. The van der Waals surface area contributed by atoms with Crippen LogP contribution in [-0.4, -0.2) is 9.97 Å². The summed E-state index contributed by atoms with van der Waals surface area (Å²) in [7, 11) is 0. The topological polar surface area (TPSA) is 25.8 Å². The van der Waals surface area contributed by atoms with E-state index in [4.69, 9.17) is 9.97 Å². The van der Waals surface area contributed by atoms with Crippen molar-refractivity contribution in [2.24, 2.45) is 0 Å². The third kappa shape index (κ3) is 6.92. The standard InChI is InChI=1S/C38H20N2S2/c1-5-13-29(14-6-1)21-25-33-37(39-35(41-33)27-23-31-17-9-3-10-18-31)38-34(26-22-30-15-7-2-8-16-30)42-36(40-38)28-24-32-19-11-4-12-20-32/h1-20H. The van der Waals surface area contributed by atoms with E-state index in [0.717, 1.165) is 32.0 Å². The van der Waals surface area contributed by atoms with Crippen LogP contribution in [0, 0.1) is 47.4 Å². The molecule has 6 rings (SSSR count). The van der Waals surface area contributed by atoms with E-state index in [9.17, 15) is 0 Å². The fourth-order valence-corrected chi connectivity index (χ4v) is 5.38. The van der Waals surface area contributed by atoms with Crippen molar-refractivity contribution in [2.45, 2.75) is 0 Å². The van der Waals surface area contributed by atoms with Gasteiger partial charge in [-0.15, -0.1) is 0 Å². The molecule has 42 heavy (non-hydrogen) atoms. The van der Waals surface area contributed by atoms with Crippen molar-refractivity contribution in [3.63, 3.8) is 0 Å². The second-order valence-electron chi connectivity index (χ2n) is 8.86. The molecule has 0 N–H and O–H groups in total. The SMILES string of the molecule is C(#Cc1nc(-c2nc(C#Cc3ccccc3)sc2C#Cc2ccccc2)c(C#Cc2ccccc2)s1)c1ccccc1. The van der Waals surface area contributed by atoms with Crippen LogP contribution in [0.4, 0.5) is 0 Å². The Bertz CT molecular complexity index is 1920. The lowest BCUT2D eigenvalue weighted by atomic mass is 10.2. The predicted molar refractivity (Wildman–Crippen MR) is 173 cm³/mol. The minimum absolute atomic E-state index is 0.665. The molecule has 2 heterocycles. The van der Waals surface area contributed by atoms with Crippen LogP contribution in [0.5, 0.6) is 0 Å². The molecule has 4 aromatic carbocycles. The summed E-state index contributed by atoms with van der Waals surface area (Å²) in [6.07, 6.45) is 0. The van der Waals surface area contributed by atoms with Crippen molar-refractivity contribution in [2.75, 3.05) is 0 Å². The fraction of sp³-hybridized carbons (Fsp3) is 0. The van der Waals surface area contributed by atoms with Gasteiger partial charge in [0.1, 0.15) is 21.1 Å². The van der Waals surface area contributed by atoms with Crippen LogP contribution < -0.4 is 0 Å². The van der Waals surface area contributed by atoms with Crippen LogP contribution in [-0.2, 0) is 0 Å². The Kier molecular flexibility index (Phi) is 8.33. The number of aromatic nitrogens is 2. The van der Waals surface area contributed by atoms with Gasteiger partial charge in [-0.25, -0.2) is 9.97 Å². The summed E-state index contributed by atoms with van der Waals surface area (Å²) in [5.41, 5.74) is 5.03. The van der Waals surface area contributed by atoms with Crippen LogP contribution in [0.25, 0.3) is 11.4 Å². The van der Waals surface area contributed by atoms with E-state index in [1.165, 1.54) is 22.7 Å². The van der Waals surface area contributed by atoms with Gasteiger partial charge in [0.05, 0.1) is 0 Å². The molecule has 194 valence electrons. The van der Waals surface area contributed by atoms with Crippen molar-refractivity contribution in [3.05, 3.63) is 163 Å². The largest absolute Gasteiger partial charge is 0.224 e. The summed E-state index contributed by atoms with van der Waals surface area (Å²) in [4.78, 5) is 11.4. The second-order valence-corrected chi connectivity index (χ2v) is 10.9. The molecule has 0 atom stereocenters. The van der Waals surface area contributed by atoms with Gasteiger partial charge in [0, 0.05) is 22.3 Å². The highest BCUT2D eigenvalue weighted by Gasteiger charge is 2.19. The molecule has 2 nitrogen and oxygen atoms in total. The summed E-state index contributed by atoms with van der Waals surface area (Å²) in [5, 5.41) is 1.33. The summed E-state index contributed by atoms with van der Waals surface area (Å²) in [6.45, 7) is 0. The van der Waals surface area contributed by atoms with E-state index < -0.39 is 0 Å². The Morgan fingerprint density at radius 2 is 0.619 bits per heavy atom. The highest BCUT2D eigenvalue weighted by molar-refractivity contribution is 7.14. The van der Waals surface area contributed by atoms with Crippen molar-refractivity contribution in [1.82, 2.24) is 9.97 Å². The minimum Gasteiger partial charge on any atom is -0.224 e. The first-order valence-corrected chi connectivity index (χ1v) is 14.7. The van der Waals surface area contributed by atoms with Crippen LogP contribution in [0.3, 0.4) is 0 Å². The Balaban J connectivity index is 1.47. The van der Waals surface area contributed by atoms with Gasteiger partial charge >= 0.3 is 0 Å². The number of hydrogen-bond donors (Lipinski definition) is 0. The molecule has 0 spiro atoms. The molecule has 6 aromatic rings. The van der Waals surface area contributed by atoms with E-state index in [-0.39, 0.29) is 0 Å². The van der Waals surface area contributed by atoms with E-state index in [2.05, 4.69) is 47.4 Å². The average Bonchev–Trinajstić information content (AvgIpc) is 3.66. The van der Waals surface area contributed by atoms with Gasteiger partial charge < -0.3 is 0 Å². The molecule has 0 fully saturated rings. The normalized spacial score (nSPS) is 9.62. The third-order valence-corrected chi connectivity index (χ3v) is 7.61. The lowest BCUT2D eigenvalue weighted by Gasteiger charge is -1.94. The molecule has 2 aromatic heterocycles. The van der Waals surface area contributed by atoms with Crippen molar-refractivity contribution in [1.29, 1.82) is 0 Å². The molecule has 0 aliphatic carbocycles. The van der Waals surface area contributed by atoms with Gasteiger partial charge in [-0.05, 0) is 72.2 Å². The third-order valence-electron chi connectivity index (χ3n) is 5.84. The first-order valence-electron chi connectivity index (χ1n) is 13.1. The van der Waals surface area contributed by atoms with Gasteiger partial charge in [-0.3, -0.25) is 0 Å². The smallest absolute Gasteiger partial charge is 0.169 e. The molecular weight excluding hydrogens is 549 g/mol. The number of rotatable bonds is 1. The van der Waals surface area contributed by atoms with E-state index in [0.29, 0.717) is 21.4 Å². The molecule has 0 aliphatic rings. The second kappa shape index (κ2) is 13.2. The maximum absolute atomic E-state index is 4.93. The molecule has 0 saturated carbocycles. The predicted octanol–water partition coefficient (Wildman–Crippen LogP) is 7.87. The first kappa shape index (κ1) is 26.6. The number of thiazole rings is 2. The Labute approximate surface area is 253 Å². The first-order chi connectivity index (χ1) is 20.8. The number of benzene rings is 4. The van der Waals surface area contributed by atoms with Crippen molar-refractivity contribution >= 4 is 22.7 Å². The van der Waals surface area contributed by atoms with E-state index in [1.807, 2.05) is 121 Å². The zero-order chi connectivity index (χ0) is 28.4. The Hall–Kier alpha value is -5.62. The monoisotopic (exact) mass is 568 g/mol. The summed E-state index contributed by atoms with van der Waals surface area (Å²) in [6, 6.07) is 39.6. The van der Waals surface area contributed by atoms with Gasteiger partial charge in [-0.2, -0.15) is 0 Å². The summed E-state index contributed by atoms with van der Waals surface area (Å²) in [5.74, 6) is 26.1. The lowest BCUT2D eigenvalue weighted by molar-refractivity contribution is 1.29. The Morgan fingerprint density at radius 3 is 0.929 bits per heavy atom. The molecule has 0 bridgehead atoms. The fourth-order valence-electron chi connectivity index (χ4n) is 3.83. The van der Waals surface area contributed by atoms with Crippen LogP contribution in [0.15, 0.2) is 121 Å². The van der Waals surface area contributed by atoms with E-state index in [1.54, 1.807) is 0 Å². The Morgan fingerprint density at radius 1 is 0.333 bits per heavy atom. The van der Waals surface area contributed by atoms with Crippen LogP contribution in [0.1, 0.15) is 42.0 Å². The molecule has 0 radical (unpaired) electrons. The lowest BCUT2D eigenvalue weighted by Crippen LogP contribution is -1.87. The zero-order valence-corrected chi connectivity index (χ0v) is 23.9. The van der Waals surface area contributed by atoms with Crippen molar-refractivity contribution in [3.8, 4) is 58.8 Å². The molecule has 4 heteroatoms. The molecule has 0 saturated heterocycles.